The first-order valence-corrected chi connectivity index (χ1v) is 8.95. The van der Waals surface area contributed by atoms with E-state index in [0.717, 1.165) is 23.2 Å². The molecule has 26 heavy (non-hydrogen) atoms. The number of hydrogen-bond donors (Lipinski definition) is 1. The highest BCUT2D eigenvalue weighted by Crippen LogP contribution is 2.13. The number of hydrogen-bond acceptors (Lipinski definition) is 3. The molecule has 0 bridgehead atoms. The second-order valence-electron chi connectivity index (χ2n) is 7.01. The highest BCUT2D eigenvalue weighted by molar-refractivity contribution is 5.98. The van der Waals surface area contributed by atoms with Crippen LogP contribution in [-0.4, -0.2) is 30.7 Å². The molecular weight excluding hydrogens is 324 g/mol. The molecule has 0 fully saturated rings. The molecule has 0 aromatic heterocycles. The summed E-state index contributed by atoms with van der Waals surface area (Å²) in [5.74, 6) is -0.0851. The van der Waals surface area contributed by atoms with E-state index in [9.17, 15) is 9.59 Å². The first-order valence-electron chi connectivity index (χ1n) is 8.95. The fourth-order valence-electron chi connectivity index (χ4n) is 2.79. The van der Waals surface area contributed by atoms with Gasteiger partial charge in [-0.05, 0) is 56.3 Å². The maximum atomic E-state index is 12.3. The zero-order chi connectivity index (χ0) is 19.1. The lowest BCUT2D eigenvalue weighted by molar-refractivity contribution is -0.121. The van der Waals surface area contributed by atoms with Gasteiger partial charge in [0.2, 0.25) is 5.91 Å². The molecule has 2 aromatic rings. The van der Waals surface area contributed by atoms with Crippen molar-refractivity contribution in [3.05, 3.63) is 70.3 Å². The molecule has 2 aromatic carbocycles. The minimum absolute atomic E-state index is 0.0104. The monoisotopic (exact) mass is 352 g/mol. The molecule has 0 aliphatic heterocycles. The fourth-order valence-corrected chi connectivity index (χ4v) is 2.79. The van der Waals surface area contributed by atoms with E-state index in [1.165, 1.54) is 5.56 Å². The highest BCUT2D eigenvalue weighted by atomic mass is 16.2. The van der Waals surface area contributed by atoms with Gasteiger partial charge in [-0.2, -0.15) is 0 Å². The van der Waals surface area contributed by atoms with Gasteiger partial charge in [-0.3, -0.25) is 9.59 Å². The summed E-state index contributed by atoms with van der Waals surface area (Å²) < 4.78 is 0. The van der Waals surface area contributed by atoms with Crippen molar-refractivity contribution in [1.82, 2.24) is 10.2 Å². The Morgan fingerprint density at radius 1 is 0.923 bits per heavy atom. The Bertz CT molecular complexity index is 781. The van der Waals surface area contributed by atoms with Crippen molar-refractivity contribution < 1.29 is 9.59 Å². The van der Waals surface area contributed by atoms with Crippen LogP contribution < -0.4 is 5.32 Å². The molecule has 0 saturated heterocycles. The molecule has 138 valence electrons. The van der Waals surface area contributed by atoms with E-state index >= 15 is 0 Å². The van der Waals surface area contributed by atoms with Gasteiger partial charge in [0.25, 0.3) is 0 Å². The van der Waals surface area contributed by atoms with E-state index < -0.39 is 0 Å². The summed E-state index contributed by atoms with van der Waals surface area (Å²) >= 11 is 0. The molecule has 1 amide bonds. The minimum Gasteiger partial charge on any atom is -0.352 e. The van der Waals surface area contributed by atoms with Gasteiger partial charge < -0.3 is 10.2 Å². The van der Waals surface area contributed by atoms with E-state index in [4.69, 9.17) is 0 Å². The van der Waals surface area contributed by atoms with Crippen molar-refractivity contribution in [2.24, 2.45) is 0 Å². The quantitative estimate of drug-likeness (QED) is 0.738. The predicted molar refractivity (Wildman–Crippen MR) is 105 cm³/mol. The third-order valence-corrected chi connectivity index (χ3v) is 4.49. The van der Waals surface area contributed by atoms with Crippen molar-refractivity contribution in [3.63, 3.8) is 0 Å². The van der Waals surface area contributed by atoms with Crippen molar-refractivity contribution >= 4 is 11.7 Å². The van der Waals surface area contributed by atoms with Crippen LogP contribution in [0.3, 0.4) is 0 Å². The minimum atomic E-state index is -0.0955. The average Bonchev–Trinajstić information content (AvgIpc) is 2.60. The number of amides is 1. The normalized spacial score (nSPS) is 10.8. The Kier molecular flexibility index (Phi) is 7.10. The molecule has 0 radical (unpaired) electrons. The van der Waals surface area contributed by atoms with E-state index in [1.807, 2.05) is 64.3 Å². The molecule has 0 heterocycles. The first kappa shape index (κ1) is 19.9. The van der Waals surface area contributed by atoms with Gasteiger partial charge in [0.05, 0.1) is 0 Å². The second-order valence-corrected chi connectivity index (χ2v) is 7.01. The maximum absolute atomic E-state index is 12.3. The molecule has 0 saturated carbocycles. The van der Waals surface area contributed by atoms with Crippen LogP contribution in [0.1, 0.15) is 45.5 Å². The first-order chi connectivity index (χ1) is 12.4. The third kappa shape index (κ3) is 5.81. The number of nitrogens with one attached hydrogen (secondary N) is 1. The second kappa shape index (κ2) is 9.30. The lowest BCUT2D eigenvalue weighted by atomic mass is 10.0. The number of ketones is 1. The van der Waals surface area contributed by atoms with Crippen LogP contribution in [0.4, 0.5) is 0 Å². The van der Waals surface area contributed by atoms with Gasteiger partial charge in [-0.25, -0.2) is 0 Å². The standard InChI is InChI=1S/C22H28N2O2/c1-16-9-10-18(13-17(16)2)21(25)11-12-22(26)23-14-19-7-5-6-8-20(19)15-24(3)4/h5-10,13H,11-12,14-15H2,1-4H3,(H,23,26). The van der Waals surface area contributed by atoms with Crippen molar-refractivity contribution in [3.8, 4) is 0 Å². The summed E-state index contributed by atoms with van der Waals surface area (Å²) in [6, 6.07) is 13.8. The Balaban J connectivity index is 1.86. The number of rotatable bonds is 8. The van der Waals surface area contributed by atoms with E-state index in [1.54, 1.807) is 0 Å². The molecule has 1 N–H and O–H groups in total. The topological polar surface area (TPSA) is 49.4 Å². The van der Waals surface area contributed by atoms with E-state index in [0.29, 0.717) is 12.1 Å². The highest BCUT2D eigenvalue weighted by Gasteiger charge is 2.11. The van der Waals surface area contributed by atoms with Gasteiger partial charge in [0, 0.05) is 31.5 Å². The van der Waals surface area contributed by atoms with Crippen molar-refractivity contribution in [1.29, 1.82) is 0 Å². The van der Waals surface area contributed by atoms with Gasteiger partial charge >= 0.3 is 0 Å². The molecular formula is C22H28N2O2. The zero-order valence-corrected chi connectivity index (χ0v) is 16.1. The number of nitrogens with zero attached hydrogens (tertiary/aromatic N) is 1. The summed E-state index contributed by atoms with van der Waals surface area (Å²) in [6.07, 6.45) is 0.440. The summed E-state index contributed by atoms with van der Waals surface area (Å²) in [6.45, 7) is 5.33. The third-order valence-electron chi connectivity index (χ3n) is 4.49. The van der Waals surface area contributed by atoms with Crippen LogP contribution >= 0.6 is 0 Å². The summed E-state index contributed by atoms with van der Waals surface area (Å²) in [7, 11) is 4.04. The molecule has 4 nitrogen and oxygen atoms in total. The van der Waals surface area contributed by atoms with Crippen LogP contribution in [0.25, 0.3) is 0 Å². The summed E-state index contributed by atoms with van der Waals surface area (Å²) in [5.41, 5.74) is 5.24. The lowest BCUT2D eigenvalue weighted by Gasteiger charge is -2.14. The lowest BCUT2D eigenvalue weighted by Crippen LogP contribution is -2.24. The summed E-state index contributed by atoms with van der Waals surface area (Å²) in [4.78, 5) is 26.5. The predicted octanol–water partition coefficient (Wildman–Crippen LogP) is 3.64. The number of aryl methyl sites for hydroxylation is 2. The average molecular weight is 352 g/mol. The van der Waals surface area contributed by atoms with Crippen molar-refractivity contribution in [2.75, 3.05) is 14.1 Å². The number of carbonyl (C=O) groups excluding carboxylic acids is 2. The summed E-state index contributed by atoms with van der Waals surface area (Å²) in [5, 5.41) is 2.93. The number of benzene rings is 2. The Labute approximate surface area is 156 Å². The van der Waals surface area contributed by atoms with Gasteiger partial charge in [-0.1, -0.05) is 36.4 Å². The maximum Gasteiger partial charge on any atom is 0.220 e. The molecule has 2 rings (SSSR count). The van der Waals surface area contributed by atoms with Crippen molar-refractivity contribution in [2.45, 2.75) is 39.8 Å². The molecule has 0 aliphatic rings. The number of carbonyl (C=O) groups is 2. The molecule has 0 unspecified atom stereocenters. The van der Waals surface area contributed by atoms with Gasteiger partial charge in [0.15, 0.2) is 5.78 Å². The molecule has 0 spiro atoms. The smallest absolute Gasteiger partial charge is 0.220 e. The fraction of sp³-hybridized carbons (Fsp3) is 0.364. The Hall–Kier alpha value is -2.46. The molecule has 0 aliphatic carbocycles. The largest absolute Gasteiger partial charge is 0.352 e. The van der Waals surface area contributed by atoms with Crippen LogP contribution in [-0.2, 0) is 17.9 Å². The number of Topliss-reactive ketones (excluding diaryl/α,β-unsaturated/α-hetero) is 1. The van der Waals surface area contributed by atoms with Crippen LogP contribution in [0.15, 0.2) is 42.5 Å². The van der Waals surface area contributed by atoms with Crippen LogP contribution in [0.2, 0.25) is 0 Å². The van der Waals surface area contributed by atoms with E-state index in [2.05, 4.69) is 16.3 Å². The van der Waals surface area contributed by atoms with Crippen LogP contribution in [0.5, 0.6) is 0 Å². The molecule has 0 atom stereocenters. The Morgan fingerprint density at radius 3 is 2.27 bits per heavy atom. The van der Waals surface area contributed by atoms with Gasteiger partial charge in [0.1, 0.15) is 0 Å². The molecule has 4 heteroatoms. The van der Waals surface area contributed by atoms with E-state index in [-0.39, 0.29) is 24.5 Å². The van der Waals surface area contributed by atoms with Crippen LogP contribution in [0, 0.1) is 13.8 Å². The van der Waals surface area contributed by atoms with Gasteiger partial charge in [-0.15, -0.1) is 0 Å². The zero-order valence-electron chi connectivity index (χ0n) is 16.1. The Morgan fingerprint density at radius 2 is 1.62 bits per heavy atom. The SMILES string of the molecule is Cc1ccc(C(=O)CCC(=O)NCc2ccccc2CN(C)C)cc1C.